The minimum absolute atomic E-state index is 0.176. The first kappa shape index (κ1) is 18.9. The summed E-state index contributed by atoms with van der Waals surface area (Å²) in [4.78, 5) is 16.6. The quantitative estimate of drug-likeness (QED) is 0.592. The number of nitrogens with one attached hydrogen (secondary N) is 2. The van der Waals surface area contributed by atoms with Gasteiger partial charge in [0.25, 0.3) is 5.91 Å². The van der Waals surface area contributed by atoms with Crippen LogP contribution in [0, 0.1) is 0 Å². The molecule has 2 N–H and O–H groups in total. The Morgan fingerprint density at radius 1 is 1.00 bits per heavy atom. The summed E-state index contributed by atoms with van der Waals surface area (Å²) >= 11 is 6.00. The van der Waals surface area contributed by atoms with E-state index in [1.165, 1.54) is 5.56 Å². The fourth-order valence-corrected chi connectivity index (χ4v) is 2.94. The standard InChI is InChI=1S/C22H22ClN3O/c1-2-16-6-8-20(9-7-16)26-22(27)18-13-21(15-24-14-18)25-11-10-17-4-3-5-19(23)12-17/h3-9,12-15,25H,2,10-11H2,1H3,(H,26,27). The molecule has 27 heavy (non-hydrogen) atoms. The summed E-state index contributed by atoms with van der Waals surface area (Å²) < 4.78 is 0. The van der Waals surface area contributed by atoms with Gasteiger partial charge in [0.1, 0.15) is 0 Å². The van der Waals surface area contributed by atoms with Gasteiger partial charge in [-0.2, -0.15) is 0 Å². The van der Waals surface area contributed by atoms with E-state index in [0.717, 1.165) is 41.3 Å². The maximum Gasteiger partial charge on any atom is 0.257 e. The number of hydrogen-bond acceptors (Lipinski definition) is 3. The largest absolute Gasteiger partial charge is 0.383 e. The molecule has 0 saturated heterocycles. The van der Waals surface area contributed by atoms with Crippen molar-refractivity contribution in [3.63, 3.8) is 0 Å². The molecule has 0 aliphatic heterocycles. The summed E-state index contributed by atoms with van der Waals surface area (Å²) in [5.74, 6) is -0.176. The van der Waals surface area contributed by atoms with Crippen molar-refractivity contribution in [3.05, 3.63) is 88.7 Å². The second-order valence-electron chi connectivity index (χ2n) is 6.27. The highest BCUT2D eigenvalue weighted by atomic mass is 35.5. The number of halogens is 1. The molecule has 0 radical (unpaired) electrons. The molecule has 0 saturated carbocycles. The van der Waals surface area contributed by atoms with Crippen molar-refractivity contribution < 1.29 is 4.79 Å². The lowest BCUT2D eigenvalue weighted by Crippen LogP contribution is -2.13. The number of pyridine rings is 1. The van der Waals surface area contributed by atoms with Gasteiger partial charge in [0.05, 0.1) is 11.3 Å². The third-order valence-electron chi connectivity index (χ3n) is 4.25. The Morgan fingerprint density at radius 3 is 2.56 bits per heavy atom. The number of hydrogen-bond donors (Lipinski definition) is 2. The number of anilines is 2. The number of rotatable bonds is 7. The van der Waals surface area contributed by atoms with E-state index < -0.39 is 0 Å². The first-order valence-corrected chi connectivity index (χ1v) is 9.35. The lowest BCUT2D eigenvalue weighted by molar-refractivity contribution is 0.102. The molecular formula is C22H22ClN3O. The van der Waals surface area contributed by atoms with E-state index in [9.17, 15) is 4.79 Å². The molecule has 5 heteroatoms. The molecular weight excluding hydrogens is 358 g/mol. The second-order valence-corrected chi connectivity index (χ2v) is 6.71. The molecule has 1 aromatic heterocycles. The molecule has 0 unspecified atom stereocenters. The zero-order chi connectivity index (χ0) is 19.1. The molecule has 0 atom stereocenters. The summed E-state index contributed by atoms with van der Waals surface area (Å²) in [6.45, 7) is 2.83. The monoisotopic (exact) mass is 379 g/mol. The SMILES string of the molecule is CCc1ccc(NC(=O)c2cncc(NCCc3cccc(Cl)c3)c2)cc1. The van der Waals surface area contributed by atoms with Crippen LogP contribution in [0.4, 0.5) is 11.4 Å². The molecule has 3 rings (SSSR count). The predicted octanol–water partition coefficient (Wildman–Crippen LogP) is 5.20. The fraction of sp³-hybridized carbons (Fsp3) is 0.182. The van der Waals surface area contributed by atoms with E-state index >= 15 is 0 Å². The van der Waals surface area contributed by atoms with Gasteiger partial charge in [-0.1, -0.05) is 42.8 Å². The lowest BCUT2D eigenvalue weighted by Gasteiger charge is -2.09. The average Bonchev–Trinajstić information content (AvgIpc) is 2.69. The van der Waals surface area contributed by atoms with Crippen molar-refractivity contribution >= 4 is 28.9 Å². The van der Waals surface area contributed by atoms with E-state index in [4.69, 9.17) is 11.6 Å². The fourth-order valence-electron chi connectivity index (χ4n) is 2.73. The van der Waals surface area contributed by atoms with Crippen molar-refractivity contribution in [2.75, 3.05) is 17.2 Å². The highest BCUT2D eigenvalue weighted by Gasteiger charge is 2.08. The molecule has 2 aromatic carbocycles. The highest BCUT2D eigenvalue weighted by Crippen LogP contribution is 2.15. The first-order chi connectivity index (χ1) is 13.1. The van der Waals surface area contributed by atoms with Crippen LogP contribution in [-0.4, -0.2) is 17.4 Å². The summed E-state index contributed by atoms with van der Waals surface area (Å²) in [5, 5.41) is 6.94. The molecule has 0 bridgehead atoms. The van der Waals surface area contributed by atoms with Crippen LogP contribution in [0.25, 0.3) is 0 Å². The maximum absolute atomic E-state index is 12.5. The number of aromatic nitrogens is 1. The predicted molar refractivity (Wildman–Crippen MR) is 112 cm³/mol. The molecule has 3 aromatic rings. The molecule has 1 heterocycles. The maximum atomic E-state index is 12.5. The molecule has 0 fully saturated rings. The number of amides is 1. The van der Waals surface area contributed by atoms with Gasteiger partial charge in [-0.25, -0.2) is 0 Å². The van der Waals surface area contributed by atoms with Gasteiger partial charge < -0.3 is 10.6 Å². The van der Waals surface area contributed by atoms with Crippen LogP contribution in [0.2, 0.25) is 5.02 Å². The van der Waals surface area contributed by atoms with Crippen LogP contribution < -0.4 is 10.6 Å². The zero-order valence-electron chi connectivity index (χ0n) is 15.2. The minimum atomic E-state index is -0.176. The molecule has 0 spiro atoms. The van der Waals surface area contributed by atoms with Crippen molar-refractivity contribution in [1.82, 2.24) is 4.98 Å². The third-order valence-corrected chi connectivity index (χ3v) is 4.49. The van der Waals surface area contributed by atoms with Gasteiger partial charge >= 0.3 is 0 Å². The van der Waals surface area contributed by atoms with Crippen LogP contribution in [0.1, 0.15) is 28.4 Å². The number of nitrogens with zero attached hydrogens (tertiary/aromatic N) is 1. The Morgan fingerprint density at radius 2 is 1.81 bits per heavy atom. The van der Waals surface area contributed by atoms with Gasteiger partial charge in [-0.15, -0.1) is 0 Å². The van der Waals surface area contributed by atoms with E-state index in [-0.39, 0.29) is 5.91 Å². The Bertz CT molecular complexity index is 909. The van der Waals surface area contributed by atoms with Gasteiger partial charge in [-0.05, 0) is 54.3 Å². The molecule has 4 nitrogen and oxygen atoms in total. The topological polar surface area (TPSA) is 54.0 Å². The van der Waals surface area contributed by atoms with Crippen LogP contribution >= 0.6 is 11.6 Å². The average molecular weight is 380 g/mol. The lowest BCUT2D eigenvalue weighted by atomic mass is 10.1. The van der Waals surface area contributed by atoms with Gasteiger partial charge in [0, 0.05) is 29.6 Å². The smallest absolute Gasteiger partial charge is 0.257 e. The summed E-state index contributed by atoms with van der Waals surface area (Å²) in [5.41, 5.74) is 4.50. The first-order valence-electron chi connectivity index (χ1n) is 8.97. The number of carbonyl (C=O) groups is 1. The Balaban J connectivity index is 1.58. The Kier molecular flexibility index (Phi) is 6.44. The summed E-state index contributed by atoms with van der Waals surface area (Å²) in [6.07, 6.45) is 5.09. The van der Waals surface area contributed by atoms with Gasteiger partial charge in [0.2, 0.25) is 0 Å². The van der Waals surface area contributed by atoms with Crippen molar-refractivity contribution in [1.29, 1.82) is 0 Å². The van der Waals surface area contributed by atoms with Crippen molar-refractivity contribution in [2.24, 2.45) is 0 Å². The van der Waals surface area contributed by atoms with E-state index in [1.54, 1.807) is 18.5 Å². The Labute approximate surface area is 164 Å². The molecule has 138 valence electrons. The van der Waals surface area contributed by atoms with Crippen LogP contribution in [-0.2, 0) is 12.8 Å². The van der Waals surface area contributed by atoms with E-state index in [1.807, 2.05) is 48.5 Å². The van der Waals surface area contributed by atoms with Gasteiger partial charge in [0.15, 0.2) is 0 Å². The van der Waals surface area contributed by atoms with E-state index in [0.29, 0.717) is 5.56 Å². The van der Waals surface area contributed by atoms with Gasteiger partial charge in [-0.3, -0.25) is 9.78 Å². The van der Waals surface area contributed by atoms with Crippen LogP contribution in [0.3, 0.4) is 0 Å². The molecule has 0 aliphatic carbocycles. The highest BCUT2D eigenvalue weighted by molar-refractivity contribution is 6.30. The number of benzene rings is 2. The number of aryl methyl sites for hydroxylation is 1. The minimum Gasteiger partial charge on any atom is -0.383 e. The van der Waals surface area contributed by atoms with Crippen LogP contribution in [0.5, 0.6) is 0 Å². The number of carbonyl (C=O) groups excluding carboxylic acids is 1. The summed E-state index contributed by atoms with van der Waals surface area (Å²) in [6, 6.07) is 17.5. The second kappa shape index (κ2) is 9.19. The van der Waals surface area contributed by atoms with Crippen molar-refractivity contribution in [3.8, 4) is 0 Å². The summed E-state index contributed by atoms with van der Waals surface area (Å²) in [7, 11) is 0. The van der Waals surface area contributed by atoms with Crippen LogP contribution in [0.15, 0.2) is 67.0 Å². The zero-order valence-corrected chi connectivity index (χ0v) is 16.0. The molecule has 1 amide bonds. The normalized spacial score (nSPS) is 10.4. The Hall–Kier alpha value is -2.85. The third kappa shape index (κ3) is 5.56. The molecule has 0 aliphatic rings. The van der Waals surface area contributed by atoms with E-state index in [2.05, 4.69) is 22.5 Å². The van der Waals surface area contributed by atoms with Crippen molar-refractivity contribution in [2.45, 2.75) is 19.8 Å².